The molecule has 0 radical (unpaired) electrons. The van der Waals surface area contributed by atoms with Crippen LogP contribution in [0.15, 0.2) is 0 Å². The Morgan fingerprint density at radius 1 is 1.16 bits per heavy atom. The molecule has 3 fully saturated rings. The van der Waals surface area contributed by atoms with Crippen LogP contribution in [0.4, 0.5) is 0 Å². The van der Waals surface area contributed by atoms with E-state index >= 15 is 0 Å². The van der Waals surface area contributed by atoms with Crippen molar-refractivity contribution in [1.82, 2.24) is 10.2 Å². The Morgan fingerprint density at radius 2 is 1.79 bits per heavy atom. The molecule has 2 bridgehead atoms. The van der Waals surface area contributed by atoms with Crippen molar-refractivity contribution in [1.29, 1.82) is 0 Å². The summed E-state index contributed by atoms with van der Waals surface area (Å²) in [6.45, 7) is 1.77. The predicted octanol–water partition coefficient (Wildman–Crippen LogP) is 1.54. The monoisotopic (exact) mass is 266 g/mol. The molecular formula is C15H26N2O2. The minimum absolute atomic E-state index is 0.360. The second-order valence-electron chi connectivity index (χ2n) is 6.50. The molecule has 1 amide bonds. The third kappa shape index (κ3) is 3.11. The van der Waals surface area contributed by atoms with E-state index in [4.69, 9.17) is 4.74 Å². The Balaban J connectivity index is 1.46. The van der Waals surface area contributed by atoms with Crippen molar-refractivity contribution in [3.05, 3.63) is 0 Å². The van der Waals surface area contributed by atoms with E-state index in [1.807, 2.05) is 0 Å². The topological polar surface area (TPSA) is 41.6 Å². The summed E-state index contributed by atoms with van der Waals surface area (Å²) in [4.78, 5) is 14.4. The van der Waals surface area contributed by atoms with Crippen LogP contribution in [0, 0.1) is 5.92 Å². The Kier molecular flexibility index (Phi) is 4.08. The fourth-order valence-electron chi connectivity index (χ4n) is 4.06. The highest BCUT2D eigenvalue weighted by Gasteiger charge is 2.35. The standard InChI is InChI=1S/C15H26N2O2/c1-19-14-4-6-17(7-5-14)15(18)10-11-8-12-2-3-13(9-11)16-12/h11-14,16H,2-10H2,1H3. The summed E-state index contributed by atoms with van der Waals surface area (Å²) in [6, 6.07) is 1.38. The van der Waals surface area contributed by atoms with Crippen LogP contribution >= 0.6 is 0 Å². The maximum absolute atomic E-state index is 12.4. The molecule has 4 nitrogen and oxygen atoms in total. The van der Waals surface area contributed by atoms with Gasteiger partial charge in [0.25, 0.3) is 0 Å². The Hall–Kier alpha value is -0.610. The number of likely N-dealkylation sites (tertiary alicyclic amines) is 1. The molecule has 3 aliphatic heterocycles. The van der Waals surface area contributed by atoms with Gasteiger partial charge in [0.05, 0.1) is 6.10 Å². The molecule has 0 aromatic heterocycles. The van der Waals surface area contributed by atoms with E-state index in [1.165, 1.54) is 25.7 Å². The maximum atomic E-state index is 12.4. The van der Waals surface area contributed by atoms with Crippen molar-refractivity contribution < 1.29 is 9.53 Å². The zero-order valence-corrected chi connectivity index (χ0v) is 11.9. The van der Waals surface area contributed by atoms with Crippen LogP contribution in [0.3, 0.4) is 0 Å². The van der Waals surface area contributed by atoms with Crippen LogP contribution in [0.2, 0.25) is 0 Å². The van der Waals surface area contributed by atoms with Gasteiger partial charge in [-0.25, -0.2) is 0 Å². The third-order valence-corrected chi connectivity index (χ3v) is 5.16. The number of fused-ring (bicyclic) bond motifs is 2. The first-order valence-electron chi connectivity index (χ1n) is 7.81. The van der Waals surface area contributed by atoms with Crippen molar-refractivity contribution >= 4 is 5.91 Å². The van der Waals surface area contributed by atoms with Gasteiger partial charge < -0.3 is 15.0 Å². The number of methoxy groups -OCH3 is 1. The number of hydrogen-bond acceptors (Lipinski definition) is 3. The van der Waals surface area contributed by atoms with Crippen molar-refractivity contribution in [2.75, 3.05) is 20.2 Å². The molecule has 3 aliphatic rings. The number of carbonyl (C=O) groups excluding carboxylic acids is 1. The van der Waals surface area contributed by atoms with Gasteiger partial charge in [-0.3, -0.25) is 4.79 Å². The summed E-state index contributed by atoms with van der Waals surface area (Å²) >= 11 is 0. The SMILES string of the molecule is COC1CCN(C(=O)CC2CC3CCC(C2)N3)CC1. The number of nitrogens with one attached hydrogen (secondary N) is 1. The average molecular weight is 266 g/mol. The van der Waals surface area contributed by atoms with Gasteiger partial charge in [0.1, 0.15) is 0 Å². The van der Waals surface area contributed by atoms with Crippen molar-refractivity contribution in [3.8, 4) is 0 Å². The summed E-state index contributed by atoms with van der Waals surface area (Å²) in [5.74, 6) is 0.993. The van der Waals surface area contributed by atoms with Gasteiger partial charge in [0, 0.05) is 38.7 Å². The first-order valence-corrected chi connectivity index (χ1v) is 7.81. The smallest absolute Gasteiger partial charge is 0.222 e. The third-order valence-electron chi connectivity index (χ3n) is 5.16. The van der Waals surface area contributed by atoms with Gasteiger partial charge in [0.2, 0.25) is 5.91 Å². The van der Waals surface area contributed by atoms with Gasteiger partial charge in [0.15, 0.2) is 0 Å². The number of carbonyl (C=O) groups is 1. The number of hydrogen-bond donors (Lipinski definition) is 1. The summed E-state index contributed by atoms with van der Waals surface area (Å²) in [5.41, 5.74) is 0. The Morgan fingerprint density at radius 3 is 2.37 bits per heavy atom. The number of rotatable bonds is 3. The minimum Gasteiger partial charge on any atom is -0.381 e. The molecule has 0 spiro atoms. The predicted molar refractivity (Wildman–Crippen MR) is 73.9 cm³/mol. The van der Waals surface area contributed by atoms with E-state index in [0.717, 1.165) is 32.4 Å². The van der Waals surface area contributed by atoms with E-state index in [-0.39, 0.29) is 0 Å². The highest BCUT2D eigenvalue weighted by Crippen LogP contribution is 2.33. The van der Waals surface area contributed by atoms with E-state index in [0.29, 0.717) is 30.0 Å². The van der Waals surface area contributed by atoms with Gasteiger partial charge in [-0.1, -0.05) is 0 Å². The van der Waals surface area contributed by atoms with Gasteiger partial charge in [-0.05, 0) is 44.4 Å². The fourth-order valence-corrected chi connectivity index (χ4v) is 4.06. The van der Waals surface area contributed by atoms with Crippen LogP contribution in [0.25, 0.3) is 0 Å². The second-order valence-corrected chi connectivity index (χ2v) is 6.50. The largest absolute Gasteiger partial charge is 0.381 e. The molecule has 0 aromatic rings. The lowest BCUT2D eigenvalue weighted by molar-refractivity contribution is -0.134. The normalized spacial score (nSPS) is 35.6. The summed E-state index contributed by atoms with van der Waals surface area (Å²) < 4.78 is 5.36. The summed E-state index contributed by atoms with van der Waals surface area (Å²) in [7, 11) is 1.77. The van der Waals surface area contributed by atoms with E-state index in [9.17, 15) is 4.79 Å². The summed E-state index contributed by atoms with van der Waals surface area (Å²) in [5, 5.41) is 3.65. The van der Waals surface area contributed by atoms with Crippen LogP contribution < -0.4 is 5.32 Å². The Bertz CT molecular complexity index is 314. The summed E-state index contributed by atoms with van der Waals surface area (Å²) in [6.07, 6.45) is 8.17. The van der Waals surface area contributed by atoms with Gasteiger partial charge in [-0.2, -0.15) is 0 Å². The lowest BCUT2D eigenvalue weighted by atomic mass is 9.89. The maximum Gasteiger partial charge on any atom is 0.222 e. The molecule has 2 unspecified atom stereocenters. The quantitative estimate of drug-likeness (QED) is 0.842. The molecular weight excluding hydrogens is 240 g/mol. The van der Waals surface area contributed by atoms with E-state index in [1.54, 1.807) is 7.11 Å². The van der Waals surface area contributed by atoms with Gasteiger partial charge in [-0.15, -0.1) is 0 Å². The highest BCUT2D eigenvalue weighted by molar-refractivity contribution is 5.76. The first-order chi connectivity index (χ1) is 9.24. The van der Waals surface area contributed by atoms with Crippen molar-refractivity contribution in [2.45, 2.75) is 63.1 Å². The molecule has 4 heteroatoms. The highest BCUT2D eigenvalue weighted by atomic mass is 16.5. The molecule has 0 aromatic carbocycles. The van der Waals surface area contributed by atoms with Gasteiger partial charge >= 0.3 is 0 Å². The van der Waals surface area contributed by atoms with E-state index in [2.05, 4.69) is 10.2 Å². The Labute approximate surface area is 115 Å². The molecule has 0 saturated carbocycles. The lowest BCUT2D eigenvalue weighted by Crippen LogP contribution is -2.43. The van der Waals surface area contributed by atoms with Crippen LogP contribution in [-0.2, 0) is 9.53 Å². The van der Waals surface area contributed by atoms with Crippen LogP contribution in [0.1, 0.15) is 44.9 Å². The molecule has 3 rings (SSSR count). The number of amides is 1. The molecule has 1 N–H and O–H groups in total. The molecule has 3 heterocycles. The average Bonchev–Trinajstić information content (AvgIpc) is 2.78. The number of ether oxygens (including phenoxy) is 1. The van der Waals surface area contributed by atoms with Crippen LogP contribution in [-0.4, -0.2) is 49.2 Å². The van der Waals surface area contributed by atoms with Crippen molar-refractivity contribution in [3.63, 3.8) is 0 Å². The molecule has 0 aliphatic carbocycles. The fraction of sp³-hybridized carbons (Fsp3) is 0.933. The number of nitrogens with zero attached hydrogens (tertiary/aromatic N) is 1. The lowest BCUT2D eigenvalue weighted by Gasteiger charge is -2.34. The van der Waals surface area contributed by atoms with Crippen molar-refractivity contribution in [2.24, 2.45) is 5.92 Å². The minimum atomic E-state index is 0.360. The number of piperidine rings is 2. The second kappa shape index (κ2) is 5.80. The molecule has 2 atom stereocenters. The van der Waals surface area contributed by atoms with E-state index < -0.39 is 0 Å². The zero-order chi connectivity index (χ0) is 13.2. The molecule has 3 saturated heterocycles. The van der Waals surface area contributed by atoms with Crippen LogP contribution in [0.5, 0.6) is 0 Å². The first kappa shape index (κ1) is 13.4. The zero-order valence-electron chi connectivity index (χ0n) is 11.9. The molecule has 19 heavy (non-hydrogen) atoms. The molecule has 108 valence electrons.